The molecule has 1 aromatic heterocycles. The van der Waals surface area contributed by atoms with E-state index in [1.807, 2.05) is 19.9 Å². The van der Waals surface area contributed by atoms with Gasteiger partial charge in [0.25, 0.3) is 17.7 Å². The van der Waals surface area contributed by atoms with Crippen LogP contribution in [0.15, 0.2) is 65.3 Å². The van der Waals surface area contributed by atoms with Gasteiger partial charge in [-0.3, -0.25) is 14.4 Å². The van der Waals surface area contributed by atoms with Crippen LogP contribution in [0.2, 0.25) is 0 Å². The third-order valence-electron chi connectivity index (χ3n) is 6.51. The summed E-state index contributed by atoms with van der Waals surface area (Å²) in [6, 6.07) is 15.6. The van der Waals surface area contributed by atoms with E-state index in [4.69, 9.17) is 9.15 Å². The van der Waals surface area contributed by atoms with Gasteiger partial charge in [-0.1, -0.05) is 6.07 Å². The largest absolute Gasteiger partial charge is 0.497 e. The normalized spacial score (nSPS) is 13.3. The molecule has 1 aliphatic rings. The highest BCUT2D eigenvalue weighted by Gasteiger charge is 2.27. The quantitative estimate of drug-likeness (QED) is 0.499. The second-order valence-electron chi connectivity index (χ2n) is 8.65. The summed E-state index contributed by atoms with van der Waals surface area (Å²) in [4.78, 5) is 44.6. The van der Waals surface area contributed by atoms with Crippen LogP contribution in [0.3, 0.4) is 0 Å². The third kappa shape index (κ3) is 5.77. The SMILES string of the molecule is CCN(CC)C(=O)c1cc(NC(=O)c2cccc(OC)c2)ccc1N1CCN(C(=O)c2ccco2)CC1. The average Bonchev–Trinajstić information content (AvgIpc) is 3.48. The summed E-state index contributed by atoms with van der Waals surface area (Å²) in [5.41, 5.74) is 2.27. The summed E-state index contributed by atoms with van der Waals surface area (Å²) in [7, 11) is 1.55. The molecule has 0 saturated carbocycles. The number of nitrogens with one attached hydrogen (secondary N) is 1. The number of hydrogen-bond acceptors (Lipinski definition) is 6. The first-order chi connectivity index (χ1) is 17.9. The second-order valence-corrected chi connectivity index (χ2v) is 8.65. The fourth-order valence-corrected chi connectivity index (χ4v) is 4.42. The van der Waals surface area contributed by atoms with E-state index in [1.165, 1.54) is 6.26 Å². The number of hydrogen-bond donors (Lipinski definition) is 1. The smallest absolute Gasteiger partial charge is 0.289 e. The number of methoxy groups -OCH3 is 1. The highest BCUT2D eigenvalue weighted by molar-refractivity contribution is 6.06. The molecule has 0 spiro atoms. The van der Waals surface area contributed by atoms with Crippen LogP contribution in [0.25, 0.3) is 0 Å². The predicted octanol–water partition coefficient (Wildman–Crippen LogP) is 3.98. The summed E-state index contributed by atoms with van der Waals surface area (Å²) in [5.74, 6) is 0.372. The van der Waals surface area contributed by atoms with Crippen LogP contribution in [0.4, 0.5) is 11.4 Å². The van der Waals surface area contributed by atoms with Gasteiger partial charge in [0.2, 0.25) is 0 Å². The van der Waals surface area contributed by atoms with E-state index < -0.39 is 0 Å². The van der Waals surface area contributed by atoms with Crippen molar-refractivity contribution >= 4 is 29.1 Å². The van der Waals surface area contributed by atoms with Crippen LogP contribution in [0.1, 0.15) is 45.1 Å². The van der Waals surface area contributed by atoms with Crippen molar-refractivity contribution in [1.82, 2.24) is 9.80 Å². The lowest BCUT2D eigenvalue weighted by atomic mass is 10.1. The minimum absolute atomic E-state index is 0.105. The number of furan rings is 1. The van der Waals surface area contributed by atoms with E-state index in [2.05, 4.69) is 10.2 Å². The Morgan fingerprint density at radius 3 is 2.38 bits per heavy atom. The molecule has 0 unspecified atom stereocenters. The fraction of sp³-hybridized carbons (Fsp3) is 0.321. The lowest BCUT2D eigenvalue weighted by Gasteiger charge is -2.37. The molecule has 3 amide bonds. The number of ether oxygens (including phenoxy) is 1. The highest BCUT2D eigenvalue weighted by Crippen LogP contribution is 2.28. The van der Waals surface area contributed by atoms with E-state index in [0.717, 1.165) is 5.69 Å². The Bertz CT molecular complexity index is 1250. The topological polar surface area (TPSA) is 95.3 Å². The molecule has 2 aromatic carbocycles. The van der Waals surface area contributed by atoms with Gasteiger partial charge >= 0.3 is 0 Å². The van der Waals surface area contributed by atoms with Crippen LogP contribution < -0.4 is 15.0 Å². The predicted molar refractivity (Wildman–Crippen MR) is 141 cm³/mol. The molecule has 2 heterocycles. The Labute approximate surface area is 216 Å². The zero-order valence-electron chi connectivity index (χ0n) is 21.4. The maximum absolute atomic E-state index is 13.5. The van der Waals surface area contributed by atoms with Gasteiger partial charge in [-0.15, -0.1) is 0 Å². The van der Waals surface area contributed by atoms with Gasteiger partial charge < -0.3 is 29.2 Å². The van der Waals surface area contributed by atoms with Crippen molar-refractivity contribution < 1.29 is 23.5 Å². The summed E-state index contributed by atoms with van der Waals surface area (Å²) in [6.07, 6.45) is 1.49. The molecule has 1 saturated heterocycles. The number of nitrogens with zero attached hydrogens (tertiary/aromatic N) is 3. The third-order valence-corrected chi connectivity index (χ3v) is 6.51. The van der Waals surface area contributed by atoms with Gasteiger partial charge in [0, 0.05) is 56.2 Å². The van der Waals surface area contributed by atoms with Gasteiger partial charge in [0.1, 0.15) is 5.75 Å². The molecular weight excluding hydrogens is 472 g/mol. The number of benzene rings is 2. The first-order valence-electron chi connectivity index (χ1n) is 12.4. The number of amides is 3. The minimum Gasteiger partial charge on any atom is -0.497 e. The van der Waals surface area contributed by atoms with Crippen molar-refractivity contribution in [2.24, 2.45) is 0 Å². The van der Waals surface area contributed by atoms with E-state index in [1.54, 1.807) is 65.4 Å². The van der Waals surface area contributed by atoms with Crippen LogP contribution in [-0.4, -0.2) is 73.9 Å². The van der Waals surface area contributed by atoms with Gasteiger partial charge in [-0.2, -0.15) is 0 Å². The van der Waals surface area contributed by atoms with Crippen LogP contribution in [0.5, 0.6) is 5.75 Å². The minimum atomic E-state index is -0.294. The molecule has 0 atom stereocenters. The number of carbonyl (C=O) groups excluding carboxylic acids is 3. The lowest BCUT2D eigenvalue weighted by molar-refractivity contribution is 0.0711. The van der Waals surface area contributed by atoms with Crippen molar-refractivity contribution in [2.45, 2.75) is 13.8 Å². The molecule has 194 valence electrons. The molecule has 9 nitrogen and oxygen atoms in total. The Hall–Kier alpha value is -4.27. The van der Waals surface area contributed by atoms with Crippen molar-refractivity contribution in [1.29, 1.82) is 0 Å². The Kier molecular flexibility index (Phi) is 8.12. The monoisotopic (exact) mass is 504 g/mol. The molecule has 1 N–H and O–H groups in total. The van der Waals surface area contributed by atoms with Crippen molar-refractivity contribution in [3.63, 3.8) is 0 Å². The van der Waals surface area contributed by atoms with Gasteiger partial charge in [0.15, 0.2) is 5.76 Å². The molecule has 0 radical (unpaired) electrons. The molecule has 1 fully saturated rings. The zero-order chi connectivity index (χ0) is 26.4. The maximum Gasteiger partial charge on any atom is 0.289 e. The first-order valence-corrected chi connectivity index (χ1v) is 12.4. The van der Waals surface area contributed by atoms with Crippen LogP contribution in [0, 0.1) is 0 Å². The molecule has 9 heteroatoms. The van der Waals surface area contributed by atoms with E-state index in [-0.39, 0.29) is 17.7 Å². The van der Waals surface area contributed by atoms with Crippen molar-refractivity contribution in [3.8, 4) is 5.75 Å². The summed E-state index contributed by atoms with van der Waals surface area (Å²) < 4.78 is 10.5. The van der Waals surface area contributed by atoms with Crippen LogP contribution in [-0.2, 0) is 0 Å². The van der Waals surface area contributed by atoms with E-state index in [9.17, 15) is 14.4 Å². The fourth-order valence-electron chi connectivity index (χ4n) is 4.42. The van der Waals surface area contributed by atoms with Gasteiger partial charge in [0.05, 0.1) is 18.9 Å². The molecule has 4 rings (SSSR count). The van der Waals surface area contributed by atoms with Crippen molar-refractivity contribution in [3.05, 3.63) is 77.7 Å². The molecule has 0 bridgehead atoms. The Morgan fingerprint density at radius 1 is 0.973 bits per heavy atom. The molecule has 3 aromatic rings. The highest BCUT2D eigenvalue weighted by atomic mass is 16.5. The summed E-state index contributed by atoms with van der Waals surface area (Å²) in [5, 5.41) is 2.90. The molecule has 1 aliphatic heterocycles. The molecular formula is C28H32N4O5. The maximum atomic E-state index is 13.5. The first kappa shape index (κ1) is 25.8. The van der Waals surface area contributed by atoms with Gasteiger partial charge in [-0.25, -0.2) is 0 Å². The van der Waals surface area contributed by atoms with E-state index in [0.29, 0.717) is 67.6 Å². The number of carbonyl (C=O) groups is 3. The zero-order valence-corrected chi connectivity index (χ0v) is 21.4. The summed E-state index contributed by atoms with van der Waals surface area (Å²) in [6.45, 7) is 7.17. The number of anilines is 2. The number of rotatable bonds is 8. The second kappa shape index (κ2) is 11.6. The molecule has 37 heavy (non-hydrogen) atoms. The van der Waals surface area contributed by atoms with Gasteiger partial charge in [-0.05, 0) is 62.4 Å². The average molecular weight is 505 g/mol. The standard InChI is InChI=1S/C28H32N4O5/c1-4-30(5-2)27(34)23-19-21(29-26(33)20-8-6-9-22(18-20)36-3)11-12-24(23)31-13-15-32(16-14-31)28(35)25-10-7-17-37-25/h6-12,17-19H,4-5,13-16H2,1-3H3,(H,29,33). The molecule has 0 aliphatic carbocycles. The van der Waals surface area contributed by atoms with Crippen LogP contribution >= 0.6 is 0 Å². The van der Waals surface area contributed by atoms with Crippen molar-refractivity contribution in [2.75, 3.05) is 56.6 Å². The summed E-state index contributed by atoms with van der Waals surface area (Å²) >= 11 is 0. The lowest BCUT2D eigenvalue weighted by Crippen LogP contribution is -2.49. The Morgan fingerprint density at radius 2 is 1.73 bits per heavy atom. The Balaban J connectivity index is 1.56. The number of piperazine rings is 1. The van der Waals surface area contributed by atoms with E-state index >= 15 is 0 Å².